The molecule has 0 aromatic heterocycles. The van der Waals surface area contributed by atoms with Gasteiger partial charge in [-0.15, -0.1) is 0 Å². The first-order chi connectivity index (χ1) is 27.2. The van der Waals surface area contributed by atoms with Crippen molar-refractivity contribution in [2.45, 2.75) is 105 Å². The van der Waals surface area contributed by atoms with E-state index >= 15 is 0 Å². The molecular formula is C37H50O20. The lowest BCUT2D eigenvalue weighted by Crippen LogP contribution is -2.65. The van der Waals surface area contributed by atoms with E-state index in [4.69, 9.17) is 37.9 Å². The van der Waals surface area contributed by atoms with E-state index in [2.05, 4.69) is 0 Å². The number of phenols is 3. The molecule has 0 bridgehead atoms. The minimum Gasteiger partial charge on any atom is -0.504 e. The van der Waals surface area contributed by atoms with Crippen LogP contribution in [0, 0.1) is 0 Å². The highest BCUT2D eigenvalue weighted by Gasteiger charge is 2.52. The van der Waals surface area contributed by atoms with E-state index in [1.54, 1.807) is 0 Å². The maximum Gasteiger partial charge on any atom is 0.331 e. The number of carbonyl (C=O) groups is 1. The predicted molar refractivity (Wildman–Crippen MR) is 189 cm³/mol. The molecule has 0 saturated carbocycles. The molecule has 9 unspecified atom stereocenters. The molecule has 15 atom stereocenters. The van der Waals surface area contributed by atoms with Gasteiger partial charge in [-0.05, 0) is 54.8 Å². The van der Waals surface area contributed by atoms with Gasteiger partial charge in [0.25, 0.3) is 0 Å². The van der Waals surface area contributed by atoms with Gasteiger partial charge in [0.2, 0.25) is 0 Å². The van der Waals surface area contributed by atoms with Crippen LogP contribution in [-0.2, 0) is 44.4 Å². The van der Waals surface area contributed by atoms with Crippen molar-refractivity contribution < 1.29 is 98.9 Å². The fraction of sp³-hybridized carbons (Fsp3) is 0.595. The van der Waals surface area contributed by atoms with Crippen molar-refractivity contribution in [3.8, 4) is 23.0 Å². The van der Waals surface area contributed by atoms with E-state index in [0.717, 1.165) is 6.08 Å². The van der Waals surface area contributed by atoms with Gasteiger partial charge >= 0.3 is 5.97 Å². The Morgan fingerprint density at radius 3 is 2.09 bits per heavy atom. The molecule has 11 N–H and O–H groups in total. The number of aliphatic hydroxyl groups excluding tert-OH is 8. The van der Waals surface area contributed by atoms with Crippen LogP contribution in [0.25, 0.3) is 6.08 Å². The van der Waals surface area contributed by atoms with Crippen LogP contribution in [0.4, 0.5) is 0 Å². The molecule has 0 amide bonds. The van der Waals surface area contributed by atoms with Crippen LogP contribution in [-0.4, -0.2) is 188 Å². The molecule has 0 aliphatic carbocycles. The van der Waals surface area contributed by atoms with Gasteiger partial charge < -0.3 is 94.1 Å². The molecule has 3 heterocycles. The van der Waals surface area contributed by atoms with Gasteiger partial charge in [-0.3, -0.25) is 0 Å². The monoisotopic (exact) mass is 814 g/mol. The highest BCUT2D eigenvalue weighted by molar-refractivity contribution is 5.87. The number of phenolic OH excluding ortho intramolecular Hbond substituents is 3. The van der Waals surface area contributed by atoms with Gasteiger partial charge in [0.1, 0.15) is 67.1 Å². The lowest BCUT2D eigenvalue weighted by molar-refractivity contribution is -0.346. The number of carbonyl (C=O) groups excluding carboxylic acids is 1. The highest BCUT2D eigenvalue weighted by Crippen LogP contribution is 2.33. The summed E-state index contributed by atoms with van der Waals surface area (Å²) in [5.41, 5.74) is 1.000. The maximum atomic E-state index is 13.2. The van der Waals surface area contributed by atoms with Gasteiger partial charge in [-0.25, -0.2) is 4.79 Å². The van der Waals surface area contributed by atoms with Crippen LogP contribution >= 0.6 is 0 Å². The minimum atomic E-state index is -1.88. The summed E-state index contributed by atoms with van der Waals surface area (Å²) in [6, 6.07) is 8.44. The Balaban J connectivity index is 1.37. The highest BCUT2D eigenvalue weighted by atomic mass is 16.7. The van der Waals surface area contributed by atoms with Gasteiger partial charge in [-0.1, -0.05) is 12.1 Å². The van der Waals surface area contributed by atoms with Crippen molar-refractivity contribution in [2.24, 2.45) is 0 Å². The smallest absolute Gasteiger partial charge is 0.331 e. The topological polar surface area (TPSA) is 313 Å². The van der Waals surface area contributed by atoms with Gasteiger partial charge in [-0.2, -0.15) is 0 Å². The number of hydrogen-bond donors (Lipinski definition) is 11. The fourth-order valence-electron chi connectivity index (χ4n) is 6.63. The van der Waals surface area contributed by atoms with Crippen LogP contribution in [0.2, 0.25) is 0 Å². The largest absolute Gasteiger partial charge is 0.504 e. The molecule has 20 heteroatoms. The second kappa shape index (κ2) is 19.8. The number of rotatable bonds is 15. The van der Waals surface area contributed by atoms with Crippen molar-refractivity contribution in [3.63, 3.8) is 0 Å². The summed E-state index contributed by atoms with van der Waals surface area (Å²) >= 11 is 0. The Labute approximate surface area is 326 Å². The van der Waals surface area contributed by atoms with E-state index in [9.17, 15) is 61.0 Å². The average Bonchev–Trinajstić information content (AvgIpc) is 3.19. The van der Waals surface area contributed by atoms with Crippen molar-refractivity contribution in [1.82, 2.24) is 0 Å². The van der Waals surface area contributed by atoms with Gasteiger partial charge in [0, 0.05) is 6.08 Å². The van der Waals surface area contributed by atoms with E-state index in [1.165, 1.54) is 56.5 Å². The number of aliphatic hydroxyl groups is 8. The quantitative estimate of drug-likeness (QED) is 0.0490. The maximum absolute atomic E-state index is 13.2. The molecule has 2 aromatic rings. The third-order valence-electron chi connectivity index (χ3n) is 9.89. The Morgan fingerprint density at radius 2 is 1.40 bits per heavy atom. The van der Waals surface area contributed by atoms with Crippen molar-refractivity contribution >= 4 is 12.0 Å². The third kappa shape index (κ3) is 10.5. The standard InChI is InChI=1S/C37H50O20/c1-16-27(44)30(47)33(57-37-31(48)29(46)28(45)23(13-38)54-37)25(53-16)15-52-35-32(49)36(51-10-9-18-3-6-19(40)21(42)11-18)55-24(14-39)34(35)56-26(43)8-5-17-4-7-20(41)22(12-17)50-2/h3-8,11-12,16,23-25,27-42,44-49H,9-10,13-15H2,1-2H3/b8-5+/t16?,23?,24?,25-,27-,28-,29?,30?,31?,32?,33?,34-,35?,36+,37-/m0/s1. The van der Waals surface area contributed by atoms with Crippen LogP contribution in [0.5, 0.6) is 23.0 Å². The fourth-order valence-corrected chi connectivity index (χ4v) is 6.63. The molecule has 3 fully saturated rings. The third-order valence-corrected chi connectivity index (χ3v) is 9.89. The number of benzene rings is 2. The molecule has 2 aromatic carbocycles. The second-order valence-corrected chi connectivity index (χ2v) is 13.8. The zero-order valence-corrected chi connectivity index (χ0v) is 30.9. The predicted octanol–water partition coefficient (Wildman–Crippen LogP) is -2.85. The molecule has 20 nitrogen and oxygen atoms in total. The molecule has 3 saturated heterocycles. The van der Waals surface area contributed by atoms with Crippen molar-refractivity contribution in [2.75, 3.05) is 33.5 Å². The molecule has 0 spiro atoms. The second-order valence-electron chi connectivity index (χ2n) is 13.8. The number of methoxy groups -OCH3 is 1. The van der Waals surface area contributed by atoms with Crippen molar-refractivity contribution in [3.05, 3.63) is 53.6 Å². The summed E-state index contributed by atoms with van der Waals surface area (Å²) < 4.78 is 45.6. The van der Waals surface area contributed by atoms with Gasteiger partial charge in [0.05, 0.1) is 39.6 Å². The van der Waals surface area contributed by atoms with E-state index in [1.807, 2.05) is 0 Å². The lowest BCUT2D eigenvalue weighted by atomic mass is 9.94. The summed E-state index contributed by atoms with van der Waals surface area (Å²) in [5, 5.41) is 114. The summed E-state index contributed by atoms with van der Waals surface area (Å²) in [6.45, 7) is -0.781. The Hall–Kier alpha value is -3.71. The van der Waals surface area contributed by atoms with Crippen LogP contribution in [0.1, 0.15) is 18.1 Å². The van der Waals surface area contributed by atoms with E-state index in [-0.39, 0.29) is 36.0 Å². The number of hydrogen-bond acceptors (Lipinski definition) is 20. The van der Waals surface area contributed by atoms with Crippen LogP contribution in [0.3, 0.4) is 0 Å². The van der Waals surface area contributed by atoms with E-state index in [0.29, 0.717) is 11.1 Å². The Kier molecular flexibility index (Phi) is 15.4. The average molecular weight is 815 g/mol. The Bertz CT molecular complexity index is 1640. The number of aromatic hydroxyl groups is 3. The van der Waals surface area contributed by atoms with Gasteiger partial charge in [0.15, 0.2) is 41.7 Å². The Morgan fingerprint density at radius 1 is 0.702 bits per heavy atom. The molecule has 57 heavy (non-hydrogen) atoms. The normalized spacial score (nSPS) is 35.9. The molecule has 318 valence electrons. The molecular weight excluding hydrogens is 764 g/mol. The number of esters is 1. The summed E-state index contributed by atoms with van der Waals surface area (Å²) in [5.74, 6) is -1.64. The van der Waals surface area contributed by atoms with E-state index < -0.39 is 118 Å². The summed E-state index contributed by atoms with van der Waals surface area (Å²) in [7, 11) is 1.35. The molecule has 0 radical (unpaired) electrons. The first-order valence-electron chi connectivity index (χ1n) is 18.1. The molecule has 5 rings (SSSR count). The van der Waals surface area contributed by atoms with Crippen LogP contribution < -0.4 is 4.74 Å². The first kappa shape index (κ1) is 44.4. The SMILES string of the molecule is COc1cc(/C=C/C(=O)O[C@H]2C(CO)O[C@@H](OCCc3ccc(O)c(O)c3)C(O)C2OC[C@@H]2OC(C)[C@H](O)C(O)C2O[C@@H]2OC(CO)[C@H](O)C(O)C2O)ccc1O. The molecule has 3 aliphatic rings. The molecule has 3 aliphatic heterocycles. The zero-order valence-electron chi connectivity index (χ0n) is 30.9. The van der Waals surface area contributed by atoms with Crippen molar-refractivity contribution in [1.29, 1.82) is 0 Å². The minimum absolute atomic E-state index is 0.109. The summed E-state index contributed by atoms with van der Waals surface area (Å²) in [6.07, 6.45) is -20.8. The lowest BCUT2D eigenvalue weighted by Gasteiger charge is -2.47. The number of ether oxygens (including phenoxy) is 8. The zero-order chi connectivity index (χ0) is 41.6. The van der Waals surface area contributed by atoms with Crippen LogP contribution in [0.15, 0.2) is 42.5 Å². The first-order valence-corrected chi connectivity index (χ1v) is 18.1. The summed E-state index contributed by atoms with van der Waals surface area (Å²) in [4.78, 5) is 13.2.